The molecule has 8 nitrogen and oxygen atoms in total. The van der Waals surface area contributed by atoms with Gasteiger partial charge in [-0.1, -0.05) is 4.98 Å². The van der Waals surface area contributed by atoms with Crippen LogP contribution in [-0.2, 0) is 11.3 Å². The van der Waals surface area contributed by atoms with Crippen molar-refractivity contribution in [3.05, 3.63) is 16.4 Å². The number of hydrogen-bond donors (Lipinski definition) is 1. The average molecular weight is 259 g/mol. The van der Waals surface area contributed by atoms with Gasteiger partial charge in [-0.3, -0.25) is 4.79 Å². The van der Waals surface area contributed by atoms with Gasteiger partial charge >= 0.3 is 5.95 Å². The lowest BCUT2D eigenvalue weighted by Crippen LogP contribution is -2.28. The summed E-state index contributed by atoms with van der Waals surface area (Å²) in [6.07, 6.45) is 4.06. The first-order chi connectivity index (χ1) is 8.13. The largest absolute Gasteiger partial charge is 0.490 e. The summed E-state index contributed by atoms with van der Waals surface area (Å²) in [6, 6.07) is 0. The summed E-state index contributed by atoms with van der Waals surface area (Å²) >= 11 is 1.71. The van der Waals surface area contributed by atoms with E-state index in [1.165, 1.54) is 6.33 Å². The average Bonchev–Trinajstić information content (AvgIpc) is 2.73. The standard InChI is InChI=1S/C8H13N5O3S/c1-17-4-2-3-9-7(14)5-12-6-10-8(11-12)13(15)16/h6H,2-5H2,1H3,(H,9,14). The van der Waals surface area contributed by atoms with Crippen LogP contribution in [0.1, 0.15) is 6.42 Å². The second-order valence-corrected chi connectivity index (χ2v) is 4.18. The molecule has 94 valence electrons. The molecule has 1 rings (SSSR count). The number of carbonyl (C=O) groups excluding carboxylic acids is 1. The third kappa shape index (κ3) is 4.81. The van der Waals surface area contributed by atoms with E-state index in [4.69, 9.17) is 0 Å². The van der Waals surface area contributed by atoms with Gasteiger partial charge in [-0.15, -0.1) is 0 Å². The van der Waals surface area contributed by atoms with Crippen molar-refractivity contribution in [1.82, 2.24) is 20.1 Å². The minimum absolute atomic E-state index is 0.0554. The normalized spacial score (nSPS) is 10.2. The van der Waals surface area contributed by atoms with E-state index in [1.807, 2.05) is 6.26 Å². The summed E-state index contributed by atoms with van der Waals surface area (Å²) < 4.78 is 1.14. The highest BCUT2D eigenvalue weighted by Gasteiger charge is 2.14. The molecule has 0 atom stereocenters. The monoisotopic (exact) mass is 259 g/mol. The molecule has 0 radical (unpaired) electrons. The molecular weight excluding hydrogens is 246 g/mol. The molecule has 9 heteroatoms. The van der Waals surface area contributed by atoms with E-state index in [0.29, 0.717) is 6.54 Å². The number of nitrogens with one attached hydrogen (secondary N) is 1. The van der Waals surface area contributed by atoms with E-state index in [-0.39, 0.29) is 12.5 Å². The summed E-state index contributed by atoms with van der Waals surface area (Å²) in [6.45, 7) is 0.538. The molecule has 0 bridgehead atoms. The van der Waals surface area contributed by atoms with Gasteiger partial charge in [0.25, 0.3) is 0 Å². The molecule has 0 aromatic carbocycles. The highest BCUT2D eigenvalue weighted by Crippen LogP contribution is 1.99. The second kappa shape index (κ2) is 6.84. The Kier molecular flexibility index (Phi) is 5.40. The van der Waals surface area contributed by atoms with Crippen LogP contribution in [0, 0.1) is 10.1 Å². The Bertz CT molecular complexity index is 394. The molecule has 0 unspecified atom stereocenters. The van der Waals surface area contributed by atoms with E-state index < -0.39 is 10.9 Å². The van der Waals surface area contributed by atoms with Crippen molar-refractivity contribution in [1.29, 1.82) is 0 Å². The second-order valence-electron chi connectivity index (χ2n) is 3.20. The minimum atomic E-state index is -0.702. The predicted molar refractivity (Wildman–Crippen MR) is 62.7 cm³/mol. The fourth-order valence-corrected chi connectivity index (χ4v) is 1.53. The van der Waals surface area contributed by atoms with E-state index in [9.17, 15) is 14.9 Å². The predicted octanol–water partition coefficient (Wildman–Crippen LogP) is 0.0556. The fourth-order valence-electron chi connectivity index (χ4n) is 1.09. The van der Waals surface area contributed by atoms with Gasteiger partial charge in [-0.25, -0.2) is 0 Å². The summed E-state index contributed by atoms with van der Waals surface area (Å²) in [5.41, 5.74) is 0. The van der Waals surface area contributed by atoms with Crippen LogP contribution in [-0.4, -0.2) is 44.1 Å². The molecule has 1 amide bonds. The van der Waals surface area contributed by atoms with Crippen molar-refractivity contribution in [3.63, 3.8) is 0 Å². The quantitative estimate of drug-likeness (QED) is 0.422. The van der Waals surface area contributed by atoms with Crippen molar-refractivity contribution < 1.29 is 9.72 Å². The van der Waals surface area contributed by atoms with Gasteiger partial charge in [0.05, 0.1) is 0 Å². The van der Waals surface area contributed by atoms with Crippen molar-refractivity contribution in [2.45, 2.75) is 13.0 Å². The Balaban J connectivity index is 2.32. The first-order valence-electron chi connectivity index (χ1n) is 4.93. The molecule has 0 aliphatic rings. The maximum atomic E-state index is 11.4. The Morgan fingerprint density at radius 3 is 3.06 bits per heavy atom. The molecular formula is C8H13N5O3S. The lowest BCUT2D eigenvalue weighted by Gasteiger charge is -2.02. The summed E-state index contributed by atoms with van der Waals surface area (Å²) in [5, 5.41) is 16.5. The zero-order chi connectivity index (χ0) is 12.7. The van der Waals surface area contributed by atoms with Gasteiger partial charge < -0.3 is 15.4 Å². The first-order valence-corrected chi connectivity index (χ1v) is 6.32. The van der Waals surface area contributed by atoms with E-state index >= 15 is 0 Å². The SMILES string of the molecule is CSCCCNC(=O)Cn1cnc([N+](=O)[O-])n1. The Hall–Kier alpha value is -1.64. The zero-order valence-corrected chi connectivity index (χ0v) is 10.1. The van der Waals surface area contributed by atoms with Crippen molar-refractivity contribution in [2.75, 3.05) is 18.6 Å². The van der Waals surface area contributed by atoms with Gasteiger partial charge in [-0.2, -0.15) is 16.4 Å². The first kappa shape index (κ1) is 13.4. The van der Waals surface area contributed by atoms with Gasteiger partial charge in [-0.05, 0) is 23.4 Å². The molecule has 1 heterocycles. The summed E-state index contributed by atoms with van der Waals surface area (Å²) in [4.78, 5) is 24.4. The highest BCUT2D eigenvalue weighted by molar-refractivity contribution is 7.98. The Morgan fingerprint density at radius 1 is 1.71 bits per heavy atom. The van der Waals surface area contributed by atoms with Crippen LogP contribution in [0.25, 0.3) is 0 Å². The number of nitrogens with zero attached hydrogens (tertiary/aromatic N) is 4. The van der Waals surface area contributed by atoms with Crippen LogP contribution >= 0.6 is 11.8 Å². The molecule has 1 aromatic rings. The molecule has 1 aromatic heterocycles. The fraction of sp³-hybridized carbons (Fsp3) is 0.625. The molecule has 1 N–H and O–H groups in total. The molecule has 0 spiro atoms. The van der Waals surface area contributed by atoms with Gasteiger partial charge in [0.15, 0.2) is 0 Å². The van der Waals surface area contributed by atoms with E-state index in [2.05, 4.69) is 15.4 Å². The number of carbonyl (C=O) groups is 1. The van der Waals surface area contributed by atoms with Crippen molar-refractivity contribution >= 4 is 23.6 Å². The number of amides is 1. The third-order valence-electron chi connectivity index (χ3n) is 1.84. The molecule has 0 saturated heterocycles. The van der Waals surface area contributed by atoms with Crippen LogP contribution in [0.15, 0.2) is 6.33 Å². The maximum absolute atomic E-state index is 11.4. The van der Waals surface area contributed by atoms with Crippen molar-refractivity contribution in [3.8, 4) is 0 Å². The Labute approximate surface area is 102 Å². The van der Waals surface area contributed by atoms with Crippen LogP contribution < -0.4 is 5.32 Å². The summed E-state index contributed by atoms with van der Waals surface area (Å²) in [7, 11) is 0. The lowest BCUT2D eigenvalue weighted by atomic mass is 10.4. The van der Waals surface area contributed by atoms with Crippen LogP contribution in [0.5, 0.6) is 0 Å². The smallest absolute Gasteiger partial charge is 0.390 e. The Morgan fingerprint density at radius 2 is 2.47 bits per heavy atom. The number of aromatic nitrogens is 3. The van der Waals surface area contributed by atoms with Gasteiger partial charge in [0.1, 0.15) is 6.54 Å². The van der Waals surface area contributed by atoms with Crippen LogP contribution in [0.2, 0.25) is 0 Å². The summed E-state index contributed by atoms with van der Waals surface area (Å²) in [5.74, 6) is 0.251. The van der Waals surface area contributed by atoms with Crippen LogP contribution in [0.3, 0.4) is 0 Å². The molecule has 17 heavy (non-hydrogen) atoms. The molecule has 0 aliphatic heterocycles. The zero-order valence-electron chi connectivity index (χ0n) is 9.33. The third-order valence-corrected chi connectivity index (χ3v) is 2.54. The van der Waals surface area contributed by atoms with Crippen molar-refractivity contribution in [2.24, 2.45) is 0 Å². The van der Waals surface area contributed by atoms with Crippen LogP contribution in [0.4, 0.5) is 5.95 Å². The lowest BCUT2D eigenvalue weighted by molar-refractivity contribution is -0.394. The van der Waals surface area contributed by atoms with Gasteiger partial charge in [0, 0.05) is 11.6 Å². The topological polar surface area (TPSA) is 103 Å². The maximum Gasteiger partial charge on any atom is 0.490 e. The number of nitro groups is 1. The minimum Gasteiger partial charge on any atom is -0.390 e. The molecule has 0 aliphatic carbocycles. The molecule has 0 fully saturated rings. The molecule has 0 saturated carbocycles. The van der Waals surface area contributed by atoms with Gasteiger partial charge in [0.2, 0.25) is 12.2 Å². The number of hydrogen-bond acceptors (Lipinski definition) is 6. The number of thioether (sulfide) groups is 1. The number of rotatable bonds is 7. The van der Waals surface area contributed by atoms with E-state index in [0.717, 1.165) is 16.9 Å². The highest BCUT2D eigenvalue weighted by atomic mass is 32.2. The van der Waals surface area contributed by atoms with E-state index in [1.54, 1.807) is 11.8 Å².